The van der Waals surface area contributed by atoms with Crippen molar-refractivity contribution in [3.63, 3.8) is 0 Å². The van der Waals surface area contributed by atoms with E-state index in [-0.39, 0.29) is 11.9 Å². The van der Waals surface area contributed by atoms with Crippen molar-refractivity contribution in [1.29, 1.82) is 0 Å². The Morgan fingerprint density at radius 2 is 1.72 bits per heavy atom. The predicted octanol–water partition coefficient (Wildman–Crippen LogP) is 6.37. The summed E-state index contributed by atoms with van der Waals surface area (Å²) in [4.78, 5) is 15.2. The van der Waals surface area contributed by atoms with Crippen molar-refractivity contribution in [2.75, 3.05) is 20.2 Å². The highest BCUT2D eigenvalue weighted by Crippen LogP contribution is 2.30. The molecule has 2 N–H and O–H groups in total. The van der Waals surface area contributed by atoms with E-state index in [0.717, 1.165) is 51.2 Å². The minimum atomic E-state index is -0.0267. The number of rotatable bonds is 7. The van der Waals surface area contributed by atoms with Gasteiger partial charge in [0.1, 0.15) is 5.75 Å². The van der Waals surface area contributed by atoms with Gasteiger partial charge in [0.25, 0.3) is 0 Å². The number of piperidine rings is 1. The monoisotopic (exact) mass is 518 g/mol. The highest BCUT2D eigenvalue weighted by molar-refractivity contribution is 6.01. The highest BCUT2D eigenvalue weighted by Gasteiger charge is 2.27. The largest absolute Gasteiger partial charge is 0.497 e. The molecule has 2 fully saturated rings. The van der Waals surface area contributed by atoms with Crippen LogP contribution in [-0.4, -0.2) is 41.2 Å². The molecule has 1 atom stereocenters. The number of amides is 1. The molecule has 6 heteroatoms. The molecule has 198 valence electrons. The number of fused-ring (bicyclic) bond motifs is 1. The number of benzene rings is 3. The van der Waals surface area contributed by atoms with Crippen molar-refractivity contribution in [3.05, 3.63) is 100 Å². The second kappa shape index (κ2) is 11.3. The van der Waals surface area contributed by atoms with Gasteiger partial charge in [0.15, 0.2) is 0 Å². The Morgan fingerprint density at radius 1 is 0.949 bits per heavy atom. The van der Waals surface area contributed by atoms with Crippen LogP contribution in [-0.2, 0) is 11.3 Å². The maximum absolute atomic E-state index is 12.7. The Balaban J connectivity index is 1.12. The van der Waals surface area contributed by atoms with Gasteiger partial charge >= 0.3 is 0 Å². The summed E-state index contributed by atoms with van der Waals surface area (Å²) in [5.41, 5.74) is 7.21. The molecule has 39 heavy (non-hydrogen) atoms. The number of aromatic amines is 1. The Kier molecular flexibility index (Phi) is 7.28. The molecule has 3 heterocycles. The summed E-state index contributed by atoms with van der Waals surface area (Å²) in [6.45, 7) is 3.46. The molecule has 4 aromatic rings. The van der Waals surface area contributed by atoms with Crippen LogP contribution in [0.15, 0.2) is 72.3 Å². The van der Waals surface area contributed by atoms with Crippen molar-refractivity contribution in [2.45, 2.75) is 38.3 Å². The molecule has 2 aliphatic rings. The molecular weight excluding hydrogens is 484 g/mol. The van der Waals surface area contributed by atoms with Crippen LogP contribution in [0.2, 0.25) is 0 Å². The SMILES string of the molecule is COc1ccc(C2CC(=Cc3ccc4c(C=Cc5ccc(CN6CCCCC6)cc5)n[nH]c4c3)C(=O)N2)cc1. The van der Waals surface area contributed by atoms with E-state index in [1.807, 2.05) is 36.4 Å². The Labute approximate surface area is 229 Å². The zero-order valence-electron chi connectivity index (χ0n) is 22.3. The van der Waals surface area contributed by atoms with E-state index in [9.17, 15) is 4.79 Å². The van der Waals surface area contributed by atoms with Crippen molar-refractivity contribution < 1.29 is 9.53 Å². The Bertz CT molecular complexity index is 1510. The minimum Gasteiger partial charge on any atom is -0.497 e. The number of nitrogens with zero attached hydrogens (tertiary/aromatic N) is 2. The second-order valence-corrected chi connectivity index (χ2v) is 10.5. The van der Waals surface area contributed by atoms with Crippen LogP contribution in [0.1, 0.15) is 59.7 Å². The zero-order chi connectivity index (χ0) is 26.6. The average molecular weight is 519 g/mol. The molecular formula is C33H34N4O2. The molecule has 0 aliphatic carbocycles. The van der Waals surface area contributed by atoms with E-state index < -0.39 is 0 Å². The third-order valence-electron chi connectivity index (χ3n) is 7.76. The first-order valence-corrected chi connectivity index (χ1v) is 13.8. The highest BCUT2D eigenvalue weighted by atomic mass is 16.5. The van der Waals surface area contributed by atoms with E-state index >= 15 is 0 Å². The van der Waals surface area contributed by atoms with E-state index in [4.69, 9.17) is 4.74 Å². The summed E-state index contributed by atoms with van der Waals surface area (Å²) in [6, 6.07) is 22.8. The third kappa shape index (κ3) is 5.81. The number of likely N-dealkylation sites (tertiary alicyclic amines) is 1. The first-order chi connectivity index (χ1) is 19.1. The summed E-state index contributed by atoms with van der Waals surface area (Å²) >= 11 is 0. The number of carbonyl (C=O) groups is 1. The van der Waals surface area contributed by atoms with E-state index in [0.29, 0.717) is 6.42 Å². The van der Waals surface area contributed by atoms with Gasteiger partial charge in [-0.25, -0.2) is 0 Å². The quantitative estimate of drug-likeness (QED) is 0.279. The van der Waals surface area contributed by atoms with Crippen LogP contribution in [0, 0.1) is 0 Å². The van der Waals surface area contributed by atoms with Crippen molar-refractivity contribution in [2.24, 2.45) is 0 Å². The number of hydrogen-bond acceptors (Lipinski definition) is 4. The summed E-state index contributed by atoms with van der Waals surface area (Å²) in [6.07, 6.45) is 10.8. The molecule has 6 nitrogen and oxygen atoms in total. The molecule has 1 unspecified atom stereocenters. The van der Waals surface area contributed by atoms with Gasteiger partial charge in [-0.15, -0.1) is 0 Å². The normalized spacial score (nSPS) is 19.3. The lowest BCUT2D eigenvalue weighted by molar-refractivity contribution is -0.116. The van der Waals surface area contributed by atoms with Gasteiger partial charge in [0.2, 0.25) is 5.91 Å². The summed E-state index contributed by atoms with van der Waals surface area (Å²) in [5, 5.41) is 11.8. The van der Waals surface area contributed by atoms with Gasteiger partial charge in [-0.2, -0.15) is 5.10 Å². The number of carbonyl (C=O) groups excluding carboxylic acids is 1. The topological polar surface area (TPSA) is 70.2 Å². The van der Waals surface area contributed by atoms with Gasteiger partial charge in [0.05, 0.1) is 24.4 Å². The number of methoxy groups -OCH3 is 1. The number of nitrogens with one attached hydrogen (secondary N) is 2. The Morgan fingerprint density at radius 3 is 2.49 bits per heavy atom. The minimum absolute atomic E-state index is 0.0221. The molecule has 1 amide bonds. The third-order valence-corrected chi connectivity index (χ3v) is 7.76. The summed E-state index contributed by atoms with van der Waals surface area (Å²) in [5.74, 6) is 0.785. The summed E-state index contributed by atoms with van der Waals surface area (Å²) in [7, 11) is 1.65. The molecule has 2 aliphatic heterocycles. The van der Waals surface area contributed by atoms with Gasteiger partial charge in [-0.1, -0.05) is 55.0 Å². The molecule has 6 rings (SSSR count). The predicted molar refractivity (Wildman–Crippen MR) is 157 cm³/mol. The average Bonchev–Trinajstić information content (AvgIpc) is 3.55. The fourth-order valence-corrected chi connectivity index (χ4v) is 5.54. The van der Waals surface area contributed by atoms with E-state index in [1.54, 1.807) is 7.11 Å². The van der Waals surface area contributed by atoms with Gasteiger partial charge in [0, 0.05) is 23.9 Å². The van der Waals surface area contributed by atoms with Crippen LogP contribution in [0.25, 0.3) is 29.1 Å². The summed E-state index contributed by atoms with van der Waals surface area (Å²) < 4.78 is 5.24. The maximum atomic E-state index is 12.7. The smallest absolute Gasteiger partial charge is 0.247 e. The molecule has 1 aromatic heterocycles. The van der Waals surface area contributed by atoms with Crippen molar-refractivity contribution >= 4 is 35.0 Å². The van der Waals surface area contributed by atoms with E-state index in [2.05, 4.69) is 69.0 Å². The second-order valence-electron chi connectivity index (χ2n) is 10.5. The number of hydrogen-bond donors (Lipinski definition) is 2. The fraction of sp³-hybridized carbons (Fsp3) is 0.273. The lowest BCUT2D eigenvalue weighted by Crippen LogP contribution is -2.28. The first-order valence-electron chi connectivity index (χ1n) is 13.8. The van der Waals surface area contributed by atoms with Crippen LogP contribution >= 0.6 is 0 Å². The maximum Gasteiger partial charge on any atom is 0.247 e. The number of ether oxygens (including phenoxy) is 1. The van der Waals surface area contributed by atoms with Crippen LogP contribution in [0.3, 0.4) is 0 Å². The lowest BCUT2D eigenvalue weighted by atomic mass is 10.0. The Hall–Kier alpha value is -4.16. The van der Waals surface area contributed by atoms with Crippen LogP contribution in [0.4, 0.5) is 0 Å². The van der Waals surface area contributed by atoms with E-state index in [1.165, 1.54) is 37.9 Å². The molecule has 0 saturated carbocycles. The van der Waals surface area contributed by atoms with Gasteiger partial charge < -0.3 is 10.1 Å². The molecule has 3 aromatic carbocycles. The lowest BCUT2D eigenvalue weighted by Gasteiger charge is -2.26. The van der Waals surface area contributed by atoms with Crippen molar-refractivity contribution in [1.82, 2.24) is 20.4 Å². The number of H-pyrrole nitrogens is 1. The zero-order valence-corrected chi connectivity index (χ0v) is 22.3. The molecule has 0 bridgehead atoms. The van der Waals surface area contributed by atoms with Crippen LogP contribution < -0.4 is 10.1 Å². The van der Waals surface area contributed by atoms with Crippen molar-refractivity contribution in [3.8, 4) is 5.75 Å². The standard InChI is InChI=1S/C33H34N4O2/c1-39-28-13-11-26(12-14-28)31-21-27(33(38)34-31)19-25-9-15-29-30(35-36-32(29)20-25)16-10-23-5-7-24(8-6-23)22-37-17-3-2-4-18-37/h5-16,19-20,31H,2-4,17-18,21-22H2,1H3,(H,34,38)(H,35,36). The molecule has 2 saturated heterocycles. The number of aromatic nitrogens is 2. The first kappa shape index (κ1) is 25.1. The van der Waals surface area contributed by atoms with Crippen LogP contribution in [0.5, 0.6) is 5.75 Å². The molecule has 0 spiro atoms. The molecule has 0 radical (unpaired) electrons. The van der Waals surface area contributed by atoms with Gasteiger partial charge in [-0.05, 0) is 84.6 Å². The fourth-order valence-electron chi connectivity index (χ4n) is 5.54. The van der Waals surface area contributed by atoms with Gasteiger partial charge in [-0.3, -0.25) is 14.8 Å².